The van der Waals surface area contributed by atoms with Gasteiger partial charge in [-0.15, -0.1) is 11.3 Å². The Morgan fingerprint density at radius 2 is 1.83 bits per heavy atom. The van der Waals surface area contributed by atoms with Crippen LogP contribution < -0.4 is 19.1 Å². The fourth-order valence-corrected chi connectivity index (χ4v) is 7.08. The van der Waals surface area contributed by atoms with E-state index in [4.69, 9.17) is 25.8 Å². The van der Waals surface area contributed by atoms with Crippen molar-refractivity contribution in [1.82, 2.24) is 4.98 Å². The number of fused-ring (bicyclic) bond motifs is 1. The van der Waals surface area contributed by atoms with E-state index in [-0.39, 0.29) is 22.0 Å². The average Bonchev–Trinajstić information content (AvgIpc) is 3.63. The molecule has 4 aromatic rings. The third kappa shape index (κ3) is 5.85. The first-order chi connectivity index (χ1) is 19.7. The highest BCUT2D eigenvalue weighted by molar-refractivity contribution is 7.93. The van der Waals surface area contributed by atoms with Gasteiger partial charge in [0.2, 0.25) is 0 Å². The molecule has 0 fully saturated rings. The van der Waals surface area contributed by atoms with E-state index in [1.807, 2.05) is 18.2 Å². The molecular formula is C28H24ClN3O7S2. The standard InChI is InChI=1S/C28H24ClN3O7S2/c1-37-23-10-8-18(13-24(23)38-2)21-16-40-28(30-21)31-26(33)15-39-27(34)19-7-9-20(29)25(14-19)41(35,36)32-12-11-17-5-3-4-6-22(17)32/h3-10,13-14,16H,11-12,15H2,1-2H3,(H,30,31,33). The van der Waals surface area contributed by atoms with Crippen molar-refractivity contribution in [2.24, 2.45) is 0 Å². The number of benzene rings is 3. The maximum absolute atomic E-state index is 13.4. The Bertz CT molecular complexity index is 1740. The predicted octanol–water partition coefficient (Wildman–Crippen LogP) is 5.03. The monoisotopic (exact) mass is 613 g/mol. The quantitative estimate of drug-likeness (QED) is 0.261. The fraction of sp³-hybridized carbons (Fsp3) is 0.179. The molecule has 212 valence electrons. The van der Waals surface area contributed by atoms with Gasteiger partial charge in [0.15, 0.2) is 23.2 Å². The number of carbonyl (C=O) groups excluding carboxylic acids is 2. The zero-order valence-electron chi connectivity index (χ0n) is 21.9. The number of esters is 1. The molecule has 2 heterocycles. The fourth-order valence-electron chi connectivity index (χ4n) is 4.33. The molecule has 1 amide bonds. The molecule has 1 aliphatic heterocycles. The lowest BCUT2D eigenvalue weighted by atomic mass is 10.1. The lowest BCUT2D eigenvalue weighted by Crippen LogP contribution is -2.29. The Labute approximate surface area is 245 Å². The number of hydrogen-bond acceptors (Lipinski definition) is 9. The maximum Gasteiger partial charge on any atom is 0.338 e. The van der Waals surface area contributed by atoms with Crippen molar-refractivity contribution in [1.29, 1.82) is 0 Å². The van der Waals surface area contributed by atoms with Crippen molar-refractivity contribution in [3.63, 3.8) is 0 Å². The van der Waals surface area contributed by atoms with Crippen molar-refractivity contribution in [2.45, 2.75) is 11.3 Å². The van der Waals surface area contributed by atoms with Gasteiger partial charge in [-0.05, 0) is 54.4 Å². The molecule has 0 aliphatic carbocycles. The number of sulfonamides is 1. The number of amides is 1. The molecule has 41 heavy (non-hydrogen) atoms. The summed E-state index contributed by atoms with van der Waals surface area (Å²) in [7, 11) is -0.969. The highest BCUT2D eigenvalue weighted by atomic mass is 35.5. The van der Waals surface area contributed by atoms with Crippen LogP contribution >= 0.6 is 22.9 Å². The second kappa shape index (κ2) is 11.8. The molecule has 0 saturated heterocycles. The molecule has 3 aromatic carbocycles. The zero-order valence-corrected chi connectivity index (χ0v) is 24.3. The lowest BCUT2D eigenvalue weighted by Gasteiger charge is -2.20. The van der Waals surface area contributed by atoms with E-state index < -0.39 is 28.5 Å². The lowest BCUT2D eigenvalue weighted by molar-refractivity contribution is -0.119. The molecule has 13 heteroatoms. The number of nitrogens with one attached hydrogen (secondary N) is 1. The van der Waals surface area contributed by atoms with Crippen molar-refractivity contribution < 1.29 is 32.2 Å². The third-order valence-electron chi connectivity index (χ3n) is 6.34. The number of rotatable bonds is 9. The summed E-state index contributed by atoms with van der Waals surface area (Å²) in [5, 5.41) is 4.63. The smallest absolute Gasteiger partial charge is 0.338 e. The highest BCUT2D eigenvalue weighted by Gasteiger charge is 2.32. The number of nitrogens with zero attached hydrogens (tertiary/aromatic N) is 2. The first kappa shape index (κ1) is 28.4. The first-order valence-corrected chi connectivity index (χ1v) is 15.0. The highest BCUT2D eigenvalue weighted by Crippen LogP contribution is 2.36. The van der Waals surface area contributed by atoms with Crippen LogP contribution in [-0.4, -0.2) is 52.6 Å². The summed E-state index contributed by atoms with van der Waals surface area (Å²) < 4.78 is 43.9. The Balaban J connectivity index is 1.23. The van der Waals surface area contributed by atoms with Gasteiger partial charge in [-0.1, -0.05) is 29.8 Å². The maximum atomic E-state index is 13.4. The molecule has 0 spiro atoms. The number of hydrogen-bond donors (Lipinski definition) is 1. The second-order valence-corrected chi connectivity index (χ2v) is 11.9. The number of carbonyl (C=O) groups is 2. The normalized spacial score (nSPS) is 12.5. The molecule has 0 atom stereocenters. The van der Waals surface area contributed by atoms with Crippen LogP contribution in [0.3, 0.4) is 0 Å². The van der Waals surface area contributed by atoms with Crippen LogP contribution in [0.1, 0.15) is 15.9 Å². The van der Waals surface area contributed by atoms with Crippen LogP contribution in [0.5, 0.6) is 11.5 Å². The van der Waals surface area contributed by atoms with E-state index >= 15 is 0 Å². The number of para-hydroxylation sites is 1. The minimum atomic E-state index is -4.05. The van der Waals surface area contributed by atoms with Crippen molar-refractivity contribution >= 4 is 55.7 Å². The topological polar surface area (TPSA) is 124 Å². The molecule has 1 N–H and O–H groups in total. The summed E-state index contributed by atoms with van der Waals surface area (Å²) in [4.78, 5) is 29.4. The Morgan fingerprint density at radius 1 is 1.05 bits per heavy atom. The minimum absolute atomic E-state index is 0.0299. The van der Waals surface area contributed by atoms with Crippen molar-refractivity contribution in [2.75, 3.05) is 37.0 Å². The van der Waals surface area contributed by atoms with Gasteiger partial charge in [-0.3, -0.25) is 14.4 Å². The van der Waals surface area contributed by atoms with E-state index in [0.717, 1.165) is 17.2 Å². The van der Waals surface area contributed by atoms with Gasteiger partial charge in [0.05, 0.1) is 36.2 Å². The van der Waals surface area contributed by atoms with Crippen LogP contribution in [0, 0.1) is 0 Å². The van der Waals surface area contributed by atoms with Crippen LogP contribution in [0.2, 0.25) is 5.02 Å². The minimum Gasteiger partial charge on any atom is -0.493 e. The van der Waals surface area contributed by atoms with E-state index in [9.17, 15) is 18.0 Å². The molecule has 1 aromatic heterocycles. The summed E-state index contributed by atoms with van der Waals surface area (Å²) in [6, 6.07) is 16.4. The summed E-state index contributed by atoms with van der Waals surface area (Å²) in [6.07, 6.45) is 0.568. The van der Waals surface area contributed by atoms with Crippen LogP contribution in [-0.2, 0) is 26.0 Å². The van der Waals surface area contributed by atoms with Gasteiger partial charge in [0, 0.05) is 17.5 Å². The molecule has 5 rings (SSSR count). The van der Waals surface area contributed by atoms with Crippen molar-refractivity contribution in [3.05, 3.63) is 82.2 Å². The van der Waals surface area contributed by atoms with E-state index in [1.165, 1.54) is 34.9 Å². The van der Waals surface area contributed by atoms with Gasteiger partial charge >= 0.3 is 5.97 Å². The molecule has 10 nitrogen and oxygen atoms in total. The summed E-state index contributed by atoms with van der Waals surface area (Å²) >= 11 is 7.44. The summed E-state index contributed by atoms with van der Waals surface area (Å²) in [6.45, 7) is -0.342. The van der Waals surface area contributed by atoms with E-state index in [2.05, 4.69) is 10.3 Å². The van der Waals surface area contributed by atoms with Crippen LogP contribution in [0.4, 0.5) is 10.8 Å². The van der Waals surface area contributed by atoms with Gasteiger partial charge in [-0.2, -0.15) is 0 Å². The summed E-state index contributed by atoms with van der Waals surface area (Å²) in [5.74, 6) is -0.366. The Morgan fingerprint density at radius 3 is 2.61 bits per heavy atom. The SMILES string of the molecule is COc1ccc(-c2csc(NC(=O)COC(=O)c3ccc(Cl)c(S(=O)(=O)N4CCc5ccccc54)c3)n2)cc1OC. The first-order valence-electron chi connectivity index (χ1n) is 12.3. The van der Waals surface area contributed by atoms with Gasteiger partial charge in [0.1, 0.15) is 4.90 Å². The third-order valence-corrected chi connectivity index (χ3v) is 9.40. The van der Waals surface area contributed by atoms with Gasteiger partial charge < -0.3 is 14.2 Å². The largest absolute Gasteiger partial charge is 0.493 e. The number of anilines is 2. The number of thiazole rings is 1. The second-order valence-electron chi connectivity index (χ2n) is 8.83. The van der Waals surface area contributed by atoms with Crippen LogP contribution in [0.15, 0.2) is 70.9 Å². The molecule has 1 aliphatic rings. The Kier molecular flexibility index (Phi) is 8.15. The molecule has 0 bridgehead atoms. The number of aromatic nitrogens is 1. The summed E-state index contributed by atoms with van der Waals surface area (Å²) in [5.41, 5.74) is 2.79. The Hall–Kier alpha value is -4.13. The van der Waals surface area contributed by atoms with Crippen molar-refractivity contribution in [3.8, 4) is 22.8 Å². The molecular weight excluding hydrogens is 590 g/mol. The molecule has 0 unspecified atom stereocenters. The zero-order chi connectivity index (χ0) is 29.1. The molecule has 0 saturated carbocycles. The number of halogens is 1. The van der Waals surface area contributed by atoms with Crippen LogP contribution in [0.25, 0.3) is 11.3 Å². The van der Waals surface area contributed by atoms with Gasteiger partial charge in [-0.25, -0.2) is 18.2 Å². The number of ether oxygens (including phenoxy) is 3. The van der Waals surface area contributed by atoms with E-state index in [0.29, 0.717) is 34.4 Å². The number of methoxy groups -OCH3 is 2. The average molecular weight is 614 g/mol. The van der Waals surface area contributed by atoms with Gasteiger partial charge in [0.25, 0.3) is 15.9 Å². The predicted molar refractivity (Wildman–Crippen MR) is 156 cm³/mol. The van der Waals surface area contributed by atoms with E-state index in [1.54, 1.807) is 36.8 Å². The molecule has 0 radical (unpaired) electrons.